The fourth-order valence-electron chi connectivity index (χ4n) is 2.28. The first-order valence-corrected chi connectivity index (χ1v) is 7.86. The van der Waals surface area contributed by atoms with Crippen LogP contribution < -0.4 is 4.74 Å². The third-order valence-corrected chi connectivity index (χ3v) is 4.16. The Morgan fingerprint density at radius 3 is 2.64 bits per heavy atom. The number of thioether (sulfide) groups is 1. The summed E-state index contributed by atoms with van der Waals surface area (Å²) in [7, 11) is 0. The van der Waals surface area contributed by atoms with Crippen molar-refractivity contribution in [2.24, 2.45) is 0 Å². The molecule has 22 heavy (non-hydrogen) atoms. The van der Waals surface area contributed by atoms with E-state index in [0.717, 1.165) is 11.5 Å². The van der Waals surface area contributed by atoms with E-state index in [4.69, 9.17) is 0 Å². The van der Waals surface area contributed by atoms with Crippen LogP contribution in [0.4, 0.5) is 13.2 Å². The van der Waals surface area contributed by atoms with Gasteiger partial charge in [0.2, 0.25) is 0 Å². The SMILES string of the molecule is O=C(O)[C@H](c1cccc(OCC(F)(F)F)c1)N1CCSCC1. The highest BCUT2D eigenvalue weighted by Gasteiger charge is 2.30. The molecule has 0 spiro atoms. The van der Waals surface area contributed by atoms with Gasteiger partial charge in [0.1, 0.15) is 11.8 Å². The number of rotatable bonds is 5. The Balaban J connectivity index is 2.15. The van der Waals surface area contributed by atoms with Crippen molar-refractivity contribution in [2.75, 3.05) is 31.2 Å². The minimum atomic E-state index is -4.42. The van der Waals surface area contributed by atoms with Gasteiger partial charge in [0.15, 0.2) is 6.61 Å². The highest BCUT2D eigenvalue weighted by Crippen LogP contribution is 2.28. The van der Waals surface area contributed by atoms with Crippen LogP contribution in [0.15, 0.2) is 24.3 Å². The fourth-order valence-corrected chi connectivity index (χ4v) is 3.22. The number of halogens is 3. The lowest BCUT2D eigenvalue weighted by molar-refractivity contribution is -0.153. The molecule has 0 aliphatic carbocycles. The van der Waals surface area contributed by atoms with Crippen molar-refractivity contribution in [1.29, 1.82) is 0 Å². The largest absolute Gasteiger partial charge is 0.484 e. The van der Waals surface area contributed by atoms with E-state index in [9.17, 15) is 23.1 Å². The maximum atomic E-state index is 12.2. The van der Waals surface area contributed by atoms with E-state index in [0.29, 0.717) is 18.7 Å². The number of aliphatic carboxylic acids is 1. The van der Waals surface area contributed by atoms with Crippen LogP contribution in [0.1, 0.15) is 11.6 Å². The predicted molar refractivity (Wildman–Crippen MR) is 77.3 cm³/mol. The van der Waals surface area contributed by atoms with Crippen molar-refractivity contribution in [3.8, 4) is 5.75 Å². The van der Waals surface area contributed by atoms with Gasteiger partial charge in [-0.25, -0.2) is 0 Å². The van der Waals surface area contributed by atoms with E-state index in [2.05, 4.69) is 4.74 Å². The fraction of sp³-hybridized carbons (Fsp3) is 0.500. The smallest absolute Gasteiger partial charge is 0.422 e. The Morgan fingerprint density at radius 1 is 1.36 bits per heavy atom. The first-order valence-electron chi connectivity index (χ1n) is 6.71. The molecule has 1 aromatic rings. The first kappa shape index (κ1) is 17.0. The Hall–Kier alpha value is -1.41. The molecule has 2 rings (SSSR count). The third-order valence-electron chi connectivity index (χ3n) is 3.22. The zero-order valence-corrected chi connectivity index (χ0v) is 12.5. The Morgan fingerprint density at radius 2 is 2.05 bits per heavy atom. The minimum Gasteiger partial charge on any atom is -0.484 e. The van der Waals surface area contributed by atoms with E-state index in [1.807, 2.05) is 4.90 Å². The van der Waals surface area contributed by atoms with Gasteiger partial charge in [0.05, 0.1) is 0 Å². The van der Waals surface area contributed by atoms with Crippen LogP contribution in [0.3, 0.4) is 0 Å². The van der Waals surface area contributed by atoms with Crippen LogP contribution >= 0.6 is 11.8 Å². The maximum absolute atomic E-state index is 12.2. The molecule has 1 N–H and O–H groups in total. The molecule has 0 amide bonds. The molecule has 122 valence electrons. The van der Waals surface area contributed by atoms with Gasteiger partial charge in [0, 0.05) is 24.6 Å². The number of benzene rings is 1. The molecule has 1 saturated heterocycles. The highest BCUT2D eigenvalue weighted by molar-refractivity contribution is 7.99. The van der Waals surface area contributed by atoms with E-state index in [1.165, 1.54) is 18.2 Å². The minimum absolute atomic E-state index is 0.0208. The zero-order valence-electron chi connectivity index (χ0n) is 11.7. The molecule has 0 unspecified atom stereocenters. The van der Waals surface area contributed by atoms with Gasteiger partial charge in [-0.2, -0.15) is 24.9 Å². The molecule has 0 saturated carbocycles. The lowest BCUT2D eigenvalue weighted by atomic mass is 10.0. The monoisotopic (exact) mass is 335 g/mol. The number of hydrogen-bond donors (Lipinski definition) is 1. The molecular formula is C14H16F3NO3S. The van der Waals surface area contributed by atoms with Crippen LogP contribution in [0, 0.1) is 0 Å². The Kier molecular flexibility index (Phi) is 5.57. The zero-order chi connectivity index (χ0) is 16.2. The van der Waals surface area contributed by atoms with Crippen molar-refractivity contribution in [2.45, 2.75) is 12.2 Å². The molecule has 1 heterocycles. The summed E-state index contributed by atoms with van der Waals surface area (Å²) in [4.78, 5) is 13.4. The number of carboxylic acids is 1. The van der Waals surface area contributed by atoms with Crippen LogP contribution in [0.2, 0.25) is 0 Å². The molecule has 0 bridgehead atoms. The summed E-state index contributed by atoms with van der Waals surface area (Å²) in [5.41, 5.74) is 0.430. The summed E-state index contributed by atoms with van der Waals surface area (Å²) in [5, 5.41) is 9.46. The maximum Gasteiger partial charge on any atom is 0.422 e. The molecular weight excluding hydrogens is 319 g/mol. The molecule has 0 aromatic heterocycles. The van der Waals surface area contributed by atoms with Gasteiger partial charge in [-0.3, -0.25) is 9.69 Å². The summed E-state index contributed by atoms with van der Waals surface area (Å²) in [6.45, 7) is -0.126. The second-order valence-corrected chi connectivity index (χ2v) is 6.09. The van der Waals surface area contributed by atoms with Gasteiger partial charge >= 0.3 is 12.1 Å². The van der Waals surface area contributed by atoms with Crippen molar-refractivity contribution in [3.63, 3.8) is 0 Å². The second-order valence-electron chi connectivity index (χ2n) is 4.87. The number of carbonyl (C=O) groups is 1. The number of alkyl halides is 3. The molecule has 4 nitrogen and oxygen atoms in total. The predicted octanol–water partition coefficient (Wildman–Crippen LogP) is 2.80. The quantitative estimate of drug-likeness (QED) is 0.897. The van der Waals surface area contributed by atoms with Crippen LogP contribution in [0.5, 0.6) is 5.75 Å². The Bertz CT molecular complexity index is 518. The van der Waals surface area contributed by atoms with Crippen LogP contribution in [-0.2, 0) is 4.79 Å². The summed E-state index contributed by atoms with van der Waals surface area (Å²) in [6, 6.07) is 5.00. The molecule has 1 aromatic carbocycles. The summed E-state index contributed by atoms with van der Waals surface area (Å²) >= 11 is 1.75. The molecule has 1 aliphatic rings. The number of carboxylic acid groups (broad SMARTS) is 1. The van der Waals surface area contributed by atoms with E-state index in [-0.39, 0.29) is 5.75 Å². The molecule has 1 atom stereocenters. The normalized spacial score (nSPS) is 18.0. The van der Waals surface area contributed by atoms with Crippen LogP contribution in [-0.4, -0.2) is 53.4 Å². The first-order chi connectivity index (χ1) is 10.4. The van der Waals surface area contributed by atoms with Crippen molar-refractivity contribution in [3.05, 3.63) is 29.8 Å². The summed E-state index contributed by atoms with van der Waals surface area (Å²) in [5.74, 6) is 0.689. The average Bonchev–Trinajstić information content (AvgIpc) is 2.46. The van der Waals surface area contributed by atoms with Crippen molar-refractivity contribution < 1.29 is 27.8 Å². The molecule has 1 aliphatic heterocycles. The number of nitrogens with zero attached hydrogens (tertiary/aromatic N) is 1. The molecule has 8 heteroatoms. The summed E-state index contributed by atoms with van der Waals surface area (Å²) < 4.78 is 41.3. The van der Waals surface area contributed by atoms with Crippen molar-refractivity contribution in [1.82, 2.24) is 4.90 Å². The molecule has 1 fully saturated rings. The van der Waals surface area contributed by atoms with Gasteiger partial charge in [0.25, 0.3) is 0 Å². The highest BCUT2D eigenvalue weighted by atomic mass is 32.2. The standard InChI is InChI=1S/C14H16F3NO3S/c15-14(16,17)9-21-11-3-1-2-10(8-11)12(13(19)20)18-4-6-22-7-5-18/h1-3,8,12H,4-7,9H2,(H,19,20)/t12-/m0/s1. The third kappa shape index (κ3) is 4.81. The Labute approximate surface area is 130 Å². The van der Waals surface area contributed by atoms with Crippen molar-refractivity contribution >= 4 is 17.7 Å². The molecule has 0 radical (unpaired) electrons. The summed E-state index contributed by atoms with van der Waals surface area (Å²) in [6.07, 6.45) is -4.42. The van der Waals surface area contributed by atoms with E-state index >= 15 is 0 Å². The number of ether oxygens (including phenoxy) is 1. The lowest BCUT2D eigenvalue weighted by Gasteiger charge is -2.32. The van der Waals surface area contributed by atoms with E-state index in [1.54, 1.807) is 17.8 Å². The van der Waals surface area contributed by atoms with Crippen LogP contribution in [0.25, 0.3) is 0 Å². The number of hydrogen-bond acceptors (Lipinski definition) is 4. The van der Waals surface area contributed by atoms with Gasteiger partial charge in [-0.1, -0.05) is 12.1 Å². The topological polar surface area (TPSA) is 49.8 Å². The van der Waals surface area contributed by atoms with Gasteiger partial charge < -0.3 is 9.84 Å². The lowest BCUT2D eigenvalue weighted by Crippen LogP contribution is -2.39. The van der Waals surface area contributed by atoms with Gasteiger partial charge in [-0.15, -0.1) is 0 Å². The second kappa shape index (κ2) is 7.23. The average molecular weight is 335 g/mol. The van der Waals surface area contributed by atoms with Gasteiger partial charge in [-0.05, 0) is 17.7 Å². The van der Waals surface area contributed by atoms with E-state index < -0.39 is 24.8 Å².